The fraction of sp³-hybridized carbons (Fsp3) is 0.118. The monoisotopic (exact) mass is 333 g/mol. The largest absolute Gasteiger partial charge is 0.497 e. The predicted molar refractivity (Wildman–Crippen MR) is 88.1 cm³/mol. The van der Waals surface area contributed by atoms with E-state index in [0.717, 1.165) is 0 Å². The van der Waals surface area contributed by atoms with E-state index in [1.165, 1.54) is 26.4 Å². The second-order valence-electron chi connectivity index (χ2n) is 4.90. The van der Waals surface area contributed by atoms with Crippen molar-refractivity contribution in [2.45, 2.75) is 0 Å². The highest BCUT2D eigenvalue weighted by Crippen LogP contribution is 2.30. The zero-order chi connectivity index (χ0) is 16.6. The molecule has 6 heteroatoms. The molecule has 0 saturated carbocycles. The number of nitrogens with one attached hydrogen (secondary N) is 1. The average Bonchev–Trinajstić information content (AvgIpc) is 2.57. The van der Waals surface area contributed by atoms with E-state index < -0.39 is 5.82 Å². The summed E-state index contributed by atoms with van der Waals surface area (Å²) < 4.78 is 23.9. The van der Waals surface area contributed by atoms with E-state index in [0.29, 0.717) is 27.9 Å². The molecular weight excluding hydrogens is 321 g/mol. The molecule has 0 aliphatic carbocycles. The maximum atomic E-state index is 13.9. The van der Waals surface area contributed by atoms with Gasteiger partial charge in [-0.2, -0.15) is 0 Å². The number of methoxy groups -OCH3 is 2. The standard InChI is InChI=1S/C17H13ClFNO3/c1-22-10-4-5-13-11(8-10)17(21)15(18)16(20-13)9-3-6-14(23-2)12(19)7-9/h3-8H,1-2H3,(H,20,21). The van der Waals surface area contributed by atoms with Gasteiger partial charge in [0.25, 0.3) is 0 Å². The van der Waals surface area contributed by atoms with E-state index in [2.05, 4.69) is 4.98 Å². The van der Waals surface area contributed by atoms with Crippen LogP contribution >= 0.6 is 11.6 Å². The first-order valence-corrected chi connectivity index (χ1v) is 7.16. The van der Waals surface area contributed by atoms with Crippen molar-refractivity contribution in [1.82, 2.24) is 4.98 Å². The Hall–Kier alpha value is -2.53. The van der Waals surface area contributed by atoms with Crippen molar-refractivity contribution in [3.63, 3.8) is 0 Å². The third-order valence-corrected chi connectivity index (χ3v) is 3.95. The smallest absolute Gasteiger partial charge is 0.208 e. The summed E-state index contributed by atoms with van der Waals surface area (Å²) in [5, 5.41) is 0.405. The van der Waals surface area contributed by atoms with Crippen molar-refractivity contribution in [1.29, 1.82) is 0 Å². The molecular formula is C17H13ClFNO3. The SMILES string of the molecule is COc1ccc2[nH]c(-c3ccc(OC)c(F)c3)c(Cl)c(=O)c2c1. The zero-order valence-electron chi connectivity index (χ0n) is 12.4. The van der Waals surface area contributed by atoms with Crippen LogP contribution in [0.25, 0.3) is 22.2 Å². The van der Waals surface area contributed by atoms with Gasteiger partial charge in [-0.3, -0.25) is 4.79 Å². The van der Waals surface area contributed by atoms with Gasteiger partial charge in [-0.15, -0.1) is 0 Å². The lowest BCUT2D eigenvalue weighted by Gasteiger charge is -2.10. The summed E-state index contributed by atoms with van der Waals surface area (Å²) in [6, 6.07) is 9.44. The van der Waals surface area contributed by atoms with Crippen LogP contribution < -0.4 is 14.9 Å². The Morgan fingerprint density at radius 1 is 1.09 bits per heavy atom. The number of hydrogen-bond donors (Lipinski definition) is 1. The Bertz CT molecular complexity index is 952. The fourth-order valence-electron chi connectivity index (χ4n) is 2.39. The molecule has 0 aliphatic rings. The number of hydrogen-bond acceptors (Lipinski definition) is 3. The highest BCUT2D eigenvalue weighted by atomic mass is 35.5. The van der Waals surface area contributed by atoms with Crippen LogP contribution in [0.4, 0.5) is 4.39 Å². The van der Waals surface area contributed by atoms with E-state index in [9.17, 15) is 9.18 Å². The maximum Gasteiger partial charge on any atom is 0.208 e. The Morgan fingerprint density at radius 2 is 1.87 bits per heavy atom. The lowest BCUT2D eigenvalue weighted by atomic mass is 10.1. The topological polar surface area (TPSA) is 51.3 Å². The molecule has 1 N–H and O–H groups in total. The molecule has 0 spiro atoms. The van der Waals surface area contributed by atoms with Crippen LogP contribution in [0.2, 0.25) is 5.02 Å². The third kappa shape index (κ3) is 2.64. The number of H-pyrrole nitrogens is 1. The van der Waals surface area contributed by atoms with Crippen molar-refractivity contribution < 1.29 is 13.9 Å². The minimum atomic E-state index is -0.531. The van der Waals surface area contributed by atoms with Crippen LogP contribution in [0.15, 0.2) is 41.2 Å². The van der Waals surface area contributed by atoms with Crippen molar-refractivity contribution in [2.75, 3.05) is 14.2 Å². The Kier molecular flexibility index (Phi) is 3.96. The Morgan fingerprint density at radius 3 is 2.52 bits per heavy atom. The summed E-state index contributed by atoms with van der Waals surface area (Å²) in [5.41, 5.74) is 1.07. The molecule has 118 valence electrons. The number of aromatic amines is 1. The van der Waals surface area contributed by atoms with Crippen LogP contribution in [0.5, 0.6) is 11.5 Å². The quantitative estimate of drug-likeness (QED) is 0.788. The summed E-state index contributed by atoms with van der Waals surface area (Å²) >= 11 is 6.19. The number of ether oxygens (including phenoxy) is 2. The van der Waals surface area contributed by atoms with Crippen molar-refractivity contribution in [3.8, 4) is 22.8 Å². The summed E-state index contributed by atoms with van der Waals surface area (Å²) in [5.74, 6) is 0.150. The van der Waals surface area contributed by atoms with Gasteiger partial charge in [-0.05, 0) is 36.4 Å². The minimum Gasteiger partial charge on any atom is -0.497 e. The van der Waals surface area contributed by atoms with Crippen LogP contribution in [0.3, 0.4) is 0 Å². The molecule has 23 heavy (non-hydrogen) atoms. The maximum absolute atomic E-state index is 13.9. The summed E-state index contributed by atoms with van der Waals surface area (Å²) in [4.78, 5) is 15.5. The van der Waals surface area contributed by atoms with Gasteiger partial charge in [0.05, 0.1) is 30.8 Å². The van der Waals surface area contributed by atoms with Crippen LogP contribution in [0, 0.1) is 5.82 Å². The highest BCUT2D eigenvalue weighted by molar-refractivity contribution is 6.33. The lowest BCUT2D eigenvalue weighted by molar-refractivity contribution is 0.386. The molecule has 0 aliphatic heterocycles. The third-order valence-electron chi connectivity index (χ3n) is 3.59. The van der Waals surface area contributed by atoms with Crippen LogP contribution in [-0.2, 0) is 0 Å². The average molecular weight is 334 g/mol. The molecule has 0 fully saturated rings. The van der Waals surface area contributed by atoms with Crippen LogP contribution in [-0.4, -0.2) is 19.2 Å². The first-order valence-electron chi connectivity index (χ1n) is 6.78. The lowest BCUT2D eigenvalue weighted by Crippen LogP contribution is -2.06. The first-order chi connectivity index (χ1) is 11.0. The van der Waals surface area contributed by atoms with Gasteiger partial charge >= 0.3 is 0 Å². The fourth-order valence-corrected chi connectivity index (χ4v) is 2.65. The molecule has 0 radical (unpaired) electrons. The summed E-state index contributed by atoms with van der Waals surface area (Å²) in [7, 11) is 2.90. The van der Waals surface area contributed by atoms with Gasteiger partial charge in [0, 0.05) is 5.56 Å². The number of aromatic nitrogens is 1. The van der Waals surface area contributed by atoms with Gasteiger partial charge in [0.2, 0.25) is 5.43 Å². The molecule has 3 rings (SSSR count). The van der Waals surface area contributed by atoms with E-state index in [4.69, 9.17) is 21.1 Å². The van der Waals surface area contributed by atoms with Crippen molar-refractivity contribution in [2.24, 2.45) is 0 Å². The van der Waals surface area contributed by atoms with Gasteiger partial charge in [-0.25, -0.2) is 4.39 Å². The number of halogens is 2. The summed E-state index contributed by atoms with van der Waals surface area (Å²) in [6.07, 6.45) is 0. The second kappa shape index (κ2) is 5.93. The van der Waals surface area contributed by atoms with E-state index in [1.54, 1.807) is 24.3 Å². The molecule has 2 aromatic carbocycles. The van der Waals surface area contributed by atoms with Gasteiger partial charge < -0.3 is 14.5 Å². The molecule has 3 aromatic rings. The van der Waals surface area contributed by atoms with Gasteiger partial charge in [0.15, 0.2) is 11.6 Å². The number of fused-ring (bicyclic) bond motifs is 1. The highest BCUT2D eigenvalue weighted by Gasteiger charge is 2.14. The molecule has 0 bridgehead atoms. The Labute approximate surface area is 136 Å². The second-order valence-corrected chi connectivity index (χ2v) is 5.28. The summed E-state index contributed by atoms with van der Waals surface area (Å²) in [6.45, 7) is 0. The Balaban J connectivity index is 2.24. The molecule has 0 unspecified atom stereocenters. The molecule has 1 heterocycles. The number of benzene rings is 2. The van der Waals surface area contributed by atoms with Crippen LogP contribution in [0.1, 0.15) is 0 Å². The van der Waals surface area contributed by atoms with E-state index >= 15 is 0 Å². The predicted octanol–water partition coefficient (Wildman–Crippen LogP) is 4.00. The van der Waals surface area contributed by atoms with E-state index in [-0.39, 0.29) is 16.2 Å². The van der Waals surface area contributed by atoms with Gasteiger partial charge in [0.1, 0.15) is 10.8 Å². The first kappa shape index (κ1) is 15.4. The number of rotatable bonds is 3. The molecule has 0 amide bonds. The van der Waals surface area contributed by atoms with Crippen molar-refractivity contribution >= 4 is 22.5 Å². The number of pyridine rings is 1. The molecule has 0 saturated heterocycles. The van der Waals surface area contributed by atoms with Gasteiger partial charge in [-0.1, -0.05) is 11.6 Å². The molecule has 1 aromatic heterocycles. The van der Waals surface area contributed by atoms with Crippen molar-refractivity contribution in [3.05, 3.63) is 57.5 Å². The minimum absolute atomic E-state index is 0.00433. The van der Waals surface area contributed by atoms with E-state index in [1.807, 2.05) is 0 Å². The zero-order valence-corrected chi connectivity index (χ0v) is 13.2. The molecule has 4 nitrogen and oxygen atoms in total. The molecule has 0 atom stereocenters. The normalized spacial score (nSPS) is 10.8.